The highest BCUT2D eigenvalue weighted by atomic mass is 35.5. The maximum Gasteiger partial charge on any atom is 0.250 e. The predicted molar refractivity (Wildman–Crippen MR) is 112 cm³/mol. The van der Waals surface area contributed by atoms with Crippen LogP contribution in [-0.4, -0.2) is 20.4 Å². The lowest BCUT2D eigenvalue weighted by Gasteiger charge is -2.18. The molecule has 5 nitrogen and oxygen atoms in total. The van der Waals surface area contributed by atoms with Crippen molar-refractivity contribution in [1.29, 1.82) is 0 Å². The Labute approximate surface area is 173 Å². The Balaban J connectivity index is 1.77. The summed E-state index contributed by atoms with van der Waals surface area (Å²) in [6.45, 7) is 0.213. The number of hydrogen-bond acceptors (Lipinski definition) is 4. The van der Waals surface area contributed by atoms with Crippen LogP contribution < -0.4 is 10.0 Å². The van der Waals surface area contributed by atoms with E-state index < -0.39 is 22.0 Å². The van der Waals surface area contributed by atoms with E-state index in [1.54, 1.807) is 23.6 Å². The summed E-state index contributed by atoms with van der Waals surface area (Å²) in [4.78, 5) is 12.8. The smallest absolute Gasteiger partial charge is 0.250 e. The van der Waals surface area contributed by atoms with E-state index in [0.29, 0.717) is 5.02 Å². The Kier molecular flexibility index (Phi) is 6.85. The summed E-state index contributed by atoms with van der Waals surface area (Å²) < 4.78 is 28.0. The number of amides is 1. The molecule has 1 aromatic heterocycles. The van der Waals surface area contributed by atoms with Gasteiger partial charge in [0.25, 0.3) is 10.0 Å². The topological polar surface area (TPSA) is 75.3 Å². The van der Waals surface area contributed by atoms with Gasteiger partial charge in [0, 0.05) is 11.6 Å². The number of hydrogen-bond donors (Lipinski definition) is 2. The van der Waals surface area contributed by atoms with Crippen LogP contribution in [0.1, 0.15) is 11.1 Å². The van der Waals surface area contributed by atoms with Gasteiger partial charge < -0.3 is 5.32 Å². The number of benzene rings is 2. The number of thiophene rings is 1. The quantitative estimate of drug-likeness (QED) is 0.568. The van der Waals surface area contributed by atoms with Crippen molar-refractivity contribution < 1.29 is 13.2 Å². The Morgan fingerprint density at radius 1 is 1.00 bits per heavy atom. The van der Waals surface area contributed by atoms with Gasteiger partial charge in [-0.2, -0.15) is 4.72 Å². The molecule has 0 aliphatic heterocycles. The van der Waals surface area contributed by atoms with E-state index in [4.69, 9.17) is 11.6 Å². The molecule has 0 fully saturated rings. The highest BCUT2D eigenvalue weighted by Crippen LogP contribution is 2.17. The van der Waals surface area contributed by atoms with E-state index in [1.165, 1.54) is 6.07 Å². The van der Waals surface area contributed by atoms with E-state index in [2.05, 4.69) is 10.0 Å². The molecule has 2 N–H and O–H groups in total. The third kappa shape index (κ3) is 5.42. The largest absolute Gasteiger partial charge is 0.351 e. The van der Waals surface area contributed by atoms with Gasteiger partial charge in [-0.15, -0.1) is 11.3 Å². The highest BCUT2D eigenvalue weighted by molar-refractivity contribution is 7.91. The molecule has 0 aliphatic rings. The van der Waals surface area contributed by atoms with Gasteiger partial charge >= 0.3 is 0 Å². The SMILES string of the molecule is O=C(NCc1ccccc1Cl)[C@H](Cc1ccccc1)NS(=O)(=O)c1cccs1. The Bertz CT molecular complexity index is 1020. The van der Waals surface area contributed by atoms with E-state index in [-0.39, 0.29) is 17.2 Å². The van der Waals surface area contributed by atoms with Gasteiger partial charge in [-0.1, -0.05) is 66.2 Å². The monoisotopic (exact) mass is 434 g/mol. The number of nitrogens with one attached hydrogen (secondary N) is 2. The Morgan fingerprint density at radius 2 is 1.71 bits per heavy atom. The fraction of sp³-hybridized carbons (Fsp3) is 0.150. The summed E-state index contributed by atoms with van der Waals surface area (Å²) in [5.74, 6) is -0.413. The van der Waals surface area contributed by atoms with Crippen LogP contribution in [0.15, 0.2) is 76.3 Å². The molecule has 0 aliphatic carbocycles. The van der Waals surface area contributed by atoms with E-state index >= 15 is 0 Å². The van der Waals surface area contributed by atoms with Crippen molar-refractivity contribution in [2.24, 2.45) is 0 Å². The first-order valence-corrected chi connectivity index (χ1v) is 11.3. The lowest BCUT2D eigenvalue weighted by Crippen LogP contribution is -2.47. The molecule has 3 rings (SSSR count). The lowest BCUT2D eigenvalue weighted by atomic mass is 10.1. The maximum atomic E-state index is 12.8. The van der Waals surface area contributed by atoms with Crippen molar-refractivity contribution in [1.82, 2.24) is 10.0 Å². The zero-order valence-corrected chi connectivity index (χ0v) is 17.2. The van der Waals surface area contributed by atoms with Crippen LogP contribution in [0.25, 0.3) is 0 Å². The minimum atomic E-state index is -3.79. The molecule has 0 radical (unpaired) electrons. The van der Waals surface area contributed by atoms with Crippen LogP contribution in [-0.2, 0) is 27.8 Å². The number of rotatable bonds is 8. The van der Waals surface area contributed by atoms with Crippen molar-refractivity contribution in [3.05, 3.63) is 88.3 Å². The lowest BCUT2D eigenvalue weighted by molar-refractivity contribution is -0.122. The first-order valence-electron chi connectivity index (χ1n) is 8.56. The summed E-state index contributed by atoms with van der Waals surface area (Å²) in [5, 5.41) is 5.00. The number of carbonyl (C=O) groups excluding carboxylic acids is 1. The first kappa shape index (κ1) is 20.5. The minimum absolute atomic E-state index is 0.171. The highest BCUT2D eigenvalue weighted by Gasteiger charge is 2.26. The average Bonchev–Trinajstić information content (AvgIpc) is 3.23. The van der Waals surface area contributed by atoms with Crippen molar-refractivity contribution >= 4 is 38.9 Å². The zero-order valence-electron chi connectivity index (χ0n) is 14.8. The van der Waals surface area contributed by atoms with Crippen LogP contribution in [0, 0.1) is 0 Å². The molecule has 1 atom stereocenters. The van der Waals surface area contributed by atoms with E-state index in [1.807, 2.05) is 42.5 Å². The second kappa shape index (κ2) is 9.34. The second-order valence-corrected chi connectivity index (χ2v) is 9.40. The molecule has 0 saturated carbocycles. The Hall–Kier alpha value is -2.19. The molecule has 0 spiro atoms. The van der Waals surface area contributed by atoms with E-state index in [0.717, 1.165) is 22.5 Å². The fourth-order valence-corrected chi connectivity index (χ4v) is 5.05. The summed E-state index contributed by atoms with van der Waals surface area (Å²) in [7, 11) is -3.79. The van der Waals surface area contributed by atoms with Crippen LogP contribution in [0.4, 0.5) is 0 Å². The molecule has 0 bridgehead atoms. The van der Waals surface area contributed by atoms with Crippen molar-refractivity contribution in [3.63, 3.8) is 0 Å². The summed E-state index contributed by atoms with van der Waals surface area (Å²) in [6.07, 6.45) is 0.236. The maximum absolute atomic E-state index is 12.8. The number of halogens is 1. The van der Waals surface area contributed by atoms with Crippen molar-refractivity contribution in [2.45, 2.75) is 23.2 Å². The molecule has 146 valence electrons. The summed E-state index contributed by atoms with van der Waals surface area (Å²) in [5.41, 5.74) is 1.62. The minimum Gasteiger partial charge on any atom is -0.351 e. The second-order valence-electron chi connectivity index (χ2n) is 6.10. The third-order valence-electron chi connectivity index (χ3n) is 4.07. The molecule has 28 heavy (non-hydrogen) atoms. The van der Waals surface area contributed by atoms with Crippen LogP contribution in [0.2, 0.25) is 5.02 Å². The van der Waals surface area contributed by atoms with Gasteiger partial charge in [0.15, 0.2) is 0 Å². The van der Waals surface area contributed by atoms with Gasteiger partial charge in [-0.3, -0.25) is 4.79 Å². The predicted octanol–water partition coefficient (Wildman–Crippen LogP) is 3.61. The van der Waals surface area contributed by atoms with E-state index in [9.17, 15) is 13.2 Å². The first-order chi connectivity index (χ1) is 13.5. The molecule has 3 aromatic rings. The molecule has 2 aromatic carbocycles. The molecule has 8 heteroatoms. The molecular weight excluding hydrogens is 416 g/mol. The fourth-order valence-electron chi connectivity index (χ4n) is 2.65. The van der Waals surface area contributed by atoms with Crippen LogP contribution in [0.3, 0.4) is 0 Å². The zero-order chi connectivity index (χ0) is 20.0. The molecule has 1 heterocycles. The van der Waals surface area contributed by atoms with Gasteiger partial charge in [-0.05, 0) is 35.1 Å². The standard InChI is InChI=1S/C20H19ClN2O3S2/c21-17-10-5-4-9-16(17)14-22-20(24)18(13-15-7-2-1-3-8-15)23-28(25,26)19-11-6-12-27-19/h1-12,18,23H,13-14H2,(H,22,24)/t18-/m0/s1. The van der Waals surface area contributed by atoms with Gasteiger partial charge in [0.1, 0.15) is 10.3 Å². The third-order valence-corrected chi connectivity index (χ3v) is 7.31. The van der Waals surface area contributed by atoms with Crippen molar-refractivity contribution in [2.75, 3.05) is 0 Å². The normalized spacial score (nSPS) is 12.5. The summed E-state index contributed by atoms with van der Waals surface area (Å²) in [6, 6.07) is 18.7. The Morgan fingerprint density at radius 3 is 2.39 bits per heavy atom. The van der Waals surface area contributed by atoms with Gasteiger partial charge in [0.2, 0.25) is 5.91 Å². The van der Waals surface area contributed by atoms with Crippen LogP contribution in [0.5, 0.6) is 0 Å². The molecular formula is C20H19ClN2O3S2. The van der Waals surface area contributed by atoms with Crippen LogP contribution >= 0.6 is 22.9 Å². The average molecular weight is 435 g/mol. The number of carbonyl (C=O) groups is 1. The molecule has 1 amide bonds. The number of sulfonamides is 1. The summed E-state index contributed by atoms with van der Waals surface area (Å²) >= 11 is 7.23. The molecule has 0 saturated heterocycles. The molecule has 0 unspecified atom stereocenters. The van der Waals surface area contributed by atoms with Crippen molar-refractivity contribution in [3.8, 4) is 0 Å². The van der Waals surface area contributed by atoms with Gasteiger partial charge in [-0.25, -0.2) is 8.42 Å². The van der Waals surface area contributed by atoms with Gasteiger partial charge in [0.05, 0.1) is 0 Å².